The molecule has 5 atom stereocenters. The van der Waals surface area contributed by atoms with Gasteiger partial charge in [0.25, 0.3) is 0 Å². The smallest absolute Gasteiger partial charge is 0.126 e. The standard InChI is InChI=1S/C27H36O8/c1-31-11-5-7-22-25(20-15-34-21-9-8-17(32-2)13-18(21)26(20)29)27(30)19-14-23(33-3)16(6-4-10-28)12-24(19)35-22/h8-9,12-14,20,22,25-30H,4-7,10-11,15H2,1-3H3. The Kier molecular flexibility index (Phi) is 8.38. The van der Waals surface area contributed by atoms with Gasteiger partial charge in [-0.25, -0.2) is 0 Å². The minimum Gasteiger partial charge on any atom is -0.497 e. The monoisotopic (exact) mass is 488 g/mol. The zero-order valence-corrected chi connectivity index (χ0v) is 20.6. The van der Waals surface area contributed by atoms with Crippen LogP contribution in [0.3, 0.4) is 0 Å². The fourth-order valence-electron chi connectivity index (χ4n) is 5.29. The lowest BCUT2D eigenvalue weighted by Crippen LogP contribution is -2.46. The molecule has 0 spiro atoms. The molecule has 2 aliphatic heterocycles. The normalized spacial score (nSPS) is 25.1. The molecule has 8 heteroatoms. The van der Waals surface area contributed by atoms with E-state index in [1.807, 2.05) is 12.1 Å². The number of aliphatic hydroxyl groups is 3. The van der Waals surface area contributed by atoms with Crippen molar-refractivity contribution in [2.45, 2.75) is 44.0 Å². The molecule has 2 aromatic rings. The van der Waals surface area contributed by atoms with Crippen molar-refractivity contribution in [2.24, 2.45) is 11.8 Å². The van der Waals surface area contributed by atoms with Crippen molar-refractivity contribution in [1.29, 1.82) is 0 Å². The van der Waals surface area contributed by atoms with Gasteiger partial charge < -0.3 is 39.0 Å². The number of methoxy groups -OCH3 is 3. The van der Waals surface area contributed by atoms with Gasteiger partial charge in [0.1, 0.15) is 29.1 Å². The summed E-state index contributed by atoms with van der Waals surface area (Å²) in [6.07, 6.45) is 0.561. The van der Waals surface area contributed by atoms with Gasteiger partial charge in [-0.2, -0.15) is 0 Å². The highest BCUT2D eigenvalue weighted by atomic mass is 16.5. The van der Waals surface area contributed by atoms with Crippen molar-refractivity contribution in [1.82, 2.24) is 0 Å². The summed E-state index contributed by atoms with van der Waals surface area (Å²) in [4.78, 5) is 0. The number of rotatable bonds is 10. The second-order valence-corrected chi connectivity index (χ2v) is 9.17. The van der Waals surface area contributed by atoms with Gasteiger partial charge in [0, 0.05) is 43.3 Å². The van der Waals surface area contributed by atoms with Gasteiger partial charge in [0.15, 0.2) is 0 Å². The molecule has 0 bridgehead atoms. The Bertz CT molecular complexity index is 993. The van der Waals surface area contributed by atoms with Gasteiger partial charge in [-0.15, -0.1) is 0 Å². The zero-order chi connectivity index (χ0) is 24.9. The SMILES string of the molecule is COCCCC1Oc2cc(CCCO)c(OC)cc2C(O)C1C1COc2ccc(OC)cc2C1O. The van der Waals surface area contributed by atoms with Gasteiger partial charge in [-0.3, -0.25) is 0 Å². The van der Waals surface area contributed by atoms with Crippen LogP contribution in [0.4, 0.5) is 0 Å². The summed E-state index contributed by atoms with van der Waals surface area (Å²) in [5.74, 6) is 1.69. The van der Waals surface area contributed by atoms with Crippen LogP contribution in [0, 0.1) is 11.8 Å². The van der Waals surface area contributed by atoms with Crippen LogP contribution in [0.5, 0.6) is 23.0 Å². The second-order valence-electron chi connectivity index (χ2n) is 9.17. The van der Waals surface area contributed by atoms with Crippen molar-refractivity contribution in [3.05, 3.63) is 47.0 Å². The predicted molar refractivity (Wildman–Crippen MR) is 129 cm³/mol. The van der Waals surface area contributed by atoms with Crippen LogP contribution in [0.1, 0.15) is 48.2 Å². The average Bonchev–Trinajstić information content (AvgIpc) is 2.88. The lowest BCUT2D eigenvalue weighted by atomic mass is 9.73. The number of aryl methyl sites for hydroxylation is 1. The van der Waals surface area contributed by atoms with Crippen LogP contribution in [0.15, 0.2) is 30.3 Å². The van der Waals surface area contributed by atoms with Crippen LogP contribution in [0.2, 0.25) is 0 Å². The molecule has 0 radical (unpaired) electrons. The number of hydrogen-bond acceptors (Lipinski definition) is 8. The Morgan fingerprint density at radius 2 is 1.74 bits per heavy atom. The molecule has 2 aliphatic rings. The number of hydrogen-bond donors (Lipinski definition) is 3. The van der Waals surface area contributed by atoms with E-state index in [0.29, 0.717) is 60.0 Å². The van der Waals surface area contributed by atoms with Crippen molar-refractivity contribution in [3.8, 4) is 23.0 Å². The fraction of sp³-hybridized carbons (Fsp3) is 0.556. The third-order valence-electron chi connectivity index (χ3n) is 7.11. The molecule has 2 heterocycles. The Morgan fingerprint density at radius 3 is 2.46 bits per heavy atom. The Hall–Kier alpha value is -2.52. The molecule has 8 nitrogen and oxygen atoms in total. The van der Waals surface area contributed by atoms with Crippen molar-refractivity contribution in [3.63, 3.8) is 0 Å². The molecule has 192 valence electrons. The summed E-state index contributed by atoms with van der Waals surface area (Å²) < 4.78 is 28.7. The van der Waals surface area contributed by atoms with E-state index in [1.165, 1.54) is 0 Å². The molecule has 2 aromatic carbocycles. The molecule has 0 aliphatic carbocycles. The maximum Gasteiger partial charge on any atom is 0.126 e. The minimum atomic E-state index is -0.887. The lowest BCUT2D eigenvalue weighted by molar-refractivity contribution is -0.0888. The van der Waals surface area contributed by atoms with Crippen LogP contribution in [-0.2, 0) is 11.2 Å². The molecule has 0 fully saturated rings. The molecule has 35 heavy (non-hydrogen) atoms. The Labute approximate surface area is 206 Å². The largest absolute Gasteiger partial charge is 0.497 e. The third-order valence-corrected chi connectivity index (χ3v) is 7.11. The van der Waals surface area contributed by atoms with E-state index in [9.17, 15) is 15.3 Å². The van der Waals surface area contributed by atoms with Gasteiger partial charge in [0.05, 0.1) is 33.0 Å². The predicted octanol–water partition coefficient (Wildman–Crippen LogP) is 3.21. The average molecular weight is 489 g/mol. The van der Waals surface area contributed by atoms with Crippen LogP contribution in [0.25, 0.3) is 0 Å². The summed E-state index contributed by atoms with van der Waals surface area (Å²) in [5, 5.41) is 32.3. The molecular formula is C27H36O8. The van der Waals surface area contributed by atoms with Crippen LogP contribution < -0.4 is 18.9 Å². The highest BCUT2D eigenvalue weighted by molar-refractivity contribution is 5.49. The summed E-state index contributed by atoms with van der Waals surface area (Å²) in [6.45, 7) is 0.911. The van der Waals surface area contributed by atoms with Gasteiger partial charge >= 0.3 is 0 Å². The zero-order valence-electron chi connectivity index (χ0n) is 20.6. The minimum absolute atomic E-state index is 0.0806. The van der Waals surface area contributed by atoms with E-state index in [-0.39, 0.29) is 19.3 Å². The van der Waals surface area contributed by atoms with E-state index >= 15 is 0 Å². The summed E-state index contributed by atoms with van der Waals surface area (Å²) in [7, 11) is 4.83. The molecule has 5 unspecified atom stereocenters. The molecule has 0 saturated carbocycles. The highest BCUT2D eigenvalue weighted by Crippen LogP contribution is 2.50. The van der Waals surface area contributed by atoms with Crippen molar-refractivity contribution >= 4 is 0 Å². The van der Waals surface area contributed by atoms with Gasteiger partial charge in [0.2, 0.25) is 0 Å². The van der Waals surface area contributed by atoms with Gasteiger partial charge in [-0.1, -0.05) is 0 Å². The number of benzene rings is 2. The lowest BCUT2D eigenvalue weighted by Gasteiger charge is -2.44. The number of ether oxygens (including phenoxy) is 5. The summed E-state index contributed by atoms with van der Waals surface area (Å²) in [5.41, 5.74) is 2.20. The van der Waals surface area contributed by atoms with E-state index < -0.39 is 24.0 Å². The number of aliphatic hydroxyl groups excluding tert-OH is 3. The summed E-state index contributed by atoms with van der Waals surface area (Å²) in [6, 6.07) is 9.10. The molecule has 0 amide bonds. The molecule has 3 N–H and O–H groups in total. The van der Waals surface area contributed by atoms with E-state index in [2.05, 4.69) is 0 Å². The molecule has 4 rings (SSSR count). The van der Waals surface area contributed by atoms with Crippen molar-refractivity contribution < 1.29 is 39.0 Å². The first-order valence-corrected chi connectivity index (χ1v) is 12.2. The Balaban J connectivity index is 1.69. The third kappa shape index (κ3) is 5.21. The Morgan fingerprint density at radius 1 is 0.943 bits per heavy atom. The number of fused-ring (bicyclic) bond motifs is 2. The van der Waals surface area contributed by atoms with Crippen LogP contribution in [-0.4, -0.2) is 62.6 Å². The molecular weight excluding hydrogens is 452 g/mol. The van der Waals surface area contributed by atoms with E-state index in [0.717, 1.165) is 12.0 Å². The first kappa shape index (κ1) is 25.6. The molecule has 0 saturated heterocycles. The van der Waals surface area contributed by atoms with E-state index in [1.54, 1.807) is 39.5 Å². The van der Waals surface area contributed by atoms with Gasteiger partial charge in [-0.05, 0) is 61.6 Å². The maximum absolute atomic E-state index is 11.7. The fourth-order valence-corrected chi connectivity index (χ4v) is 5.29. The second kappa shape index (κ2) is 11.5. The van der Waals surface area contributed by atoms with E-state index in [4.69, 9.17) is 23.7 Å². The quantitative estimate of drug-likeness (QED) is 0.438. The summed E-state index contributed by atoms with van der Waals surface area (Å²) >= 11 is 0. The maximum atomic E-state index is 11.7. The first-order chi connectivity index (χ1) is 17.0. The molecule has 0 aromatic heterocycles. The topological polar surface area (TPSA) is 107 Å². The highest BCUT2D eigenvalue weighted by Gasteiger charge is 2.47. The first-order valence-electron chi connectivity index (χ1n) is 12.2. The van der Waals surface area contributed by atoms with Crippen LogP contribution >= 0.6 is 0 Å². The van der Waals surface area contributed by atoms with Crippen molar-refractivity contribution in [2.75, 3.05) is 41.2 Å².